The number of aliphatic carboxylic acids is 1. The fraction of sp³-hybridized carbons (Fsp3) is 0.286. The summed E-state index contributed by atoms with van der Waals surface area (Å²) in [4.78, 5) is 25.9. The number of hydrogen-bond acceptors (Lipinski definition) is 4. The Hall–Kier alpha value is -2.06. The third kappa shape index (κ3) is 3.26. The number of nitrogens with one attached hydrogen (secondary N) is 2. The largest absolute Gasteiger partial charge is 0.480 e. The summed E-state index contributed by atoms with van der Waals surface area (Å²) in [6.45, 7) is -0.649. The van der Waals surface area contributed by atoms with Crippen LogP contribution in [-0.4, -0.2) is 27.6 Å². The minimum absolute atomic E-state index is 0.284. The van der Waals surface area contributed by atoms with E-state index in [9.17, 15) is 22.8 Å². The minimum Gasteiger partial charge on any atom is -0.480 e. The molecular weight excluding hydrogens is 231 g/mol. The highest BCUT2D eigenvalue weighted by Gasteiger charge is 2.33. The molecule has 1 aromatic rings. The lowest BCUT2D eigenvalue weighted by Crippen LogP contribution is -2.21. The van der Waals surface area contributed by atoms with Crippen LogP contribution in [-0.2, 0) is 11.0 Å². The fourth-order valence-corrected chi connectivity index (χ4v) is 0.846. The highest BCUT2D eigenvalue weighted by atomic mass is 19.4. The van der Waals surface area contributed by atoms with E-state index in [-0.39, 0.29) is 6.07 Å². The molecule has 0 spiro atoms. The van der Waals surface area contributed by atoms with E-state index in [0.717, 1.165) is 0 Å². The Bertz CT molecular complexity index is 454. The molecule has 0 atom stereocenters. The van der Waals surface area contributed by atoms with E-state index in [1.807, 2.05) is 10.3 Å². The number of alkyl halides is 3. The van der Waals surface area contributed by atoms with Crippen LogP contribution in [0.4, 0.5) is 19.1 Å². The number of aromatic nitrogens is 2. The van der Waals surface area contributed by atoms with Crippen LogP contribution in [0.5, 0.6) is 0 Å². The molecule has 3 N–H and O–H groups in total. The van der Waals surface area contributed by atoms with Crippen molar-refractivity contribution >= 4 is 11.9 Å². The predicted molar refractivity (Wildman–Crippen MR) is 46.0 cm³/mol. The van der Waals surface area contributed by atoms with E-state index in [2.05, 4.69) is 4.98 Å². The van der Waals surface area contributed by atoms with Gasteiger partial charge in [-0.1, -0.05) is 0 Å². The predicted octanol–water partition coefficient (Wildman–Crippen LogP) is 0.285. The van der Waals surface area contributed by atoms with Gasteiger partial charge in [0.2, 0.25) is 5.95 Å². The van der Waals surface area contributed by atoms with Crippen LogP contribution in [0.15, 0.2) is 10.9 Å². The number of carbonyl (C=O) groups is 1. The molecule has 88 valence electrons. The smallest absolute Gasteiger partial charge is 0.433 e. The number of halogens is 3. The maximum atomic E-state index is 12.2. The van der Waals surface area contributed by atoms with Crippen molar-refractivity contribution in [3.8, 4) is 0 Å². The third-order valence-corrected chi connectivity index (χ3v) is 1.44. The van der Waals surface area contributed by atoms with Gasteiger partial charge >= 0.3 is 12.1 Å². The number of rotatable bonds is 3. The number of H-pyrrole nitrogens is 1. The van der Waals surface area contributed by atoms with Crippen molar-refractivity contribution in [2.24, 2.45) is 0 Å². The molecular formula is C7H6F3N3O3. The maximum Gasteiger partial charge on any atom is 0.433 e. The molecule has 0 saturated heterocycles. The SMILES string of the molecule is O=C(O)CNc1nc(C(F)(F)F)cc(=O)[nH]1. The van der Waals surface area contributed by atoms with Gasteiger partial charge in [0.1, 0.15) is 6.54 Å². The molecule has 1 heterocycles. The van der Waals surface area contributed by atoms with Crippen LogP contribution in [0.1, 0.15) is 5.69 Å². The van der Waals surface area contributed by atoms with Gasteiger partial charge in [0.05, 0.1) is 0 Å². The van der Waals surface area contributed by atoms with Crippen molar-refractivity contribution < 1.29 is 23.1 Å². The number of anilines is 1. The van der Waals surface area contributed by atoms with Gasteiger partial charge in [-0.05, 0) is 0 Å². The molecule has 0 aliphatic heterocycles. The number of carboxylic acid groups (broad SMARTS) is 1. The van der Waals surface area contributed by atoms with Crippen LogP contribution in [0.2, 0.25) is 0 Å². The topological polar surface area (TPSA) is 95.1 Å². The lowest BCUT2D eigenvalue weighted by Gasteiger charge is -2.07. The standard InChI is InChI=1S/C7H6F3N3O3/c8-7(9,10)3-1-4(14)13-6(12-3)11-2-5(15)16/h1H,2H2,(H,15,16)(H2,11,12,13,14). The average molecular weight is 237 g/mol. The summed E-state index contributed by atoms with van der Waals surface area (Å²) < 4.78 is 36.6. The van der Waals surface area contributed by atoms with Crippen LogP contribution in [0.3, 0.4) is 0 Å². The van der Waals surface area contributed by atoms with Gasteiger partial charge < -0.3 is 10.4 Å². The molecule has 1 aromatic heterocycles. The number of nitrogens with zero attached hydrogens (tertiary/aromatic N) is 1. The molecule has 16 heavy (non-hydrogen) atoms. The maximum absolute atomic E-state index is 12.2. The Morgan fingerprint density at radius 1 is 1.56 bits per heavy atom. The molecule has 0 aromatic carbocycles. The van der Waals surface area contributed by atoms with Crippen molar-refractivity contribution in [3.63, 3.8) is 0 Å². The van der Waals surface area contributed by atoms with E-state index in [0.29, 0.717) is 0 Å². The Morgan fingerprint density at radius 2 is 2.19 bits per heavy atom. The molecule has 0 amide bonds. The van der Waals surface area contributed by atoms with Crippen molar-refractivity contribution in [1.29, 1.82) is 0 Å². The molecule has 0 bridgehead atoms. The first-order chi connectivity index (χ1) is 7.29. The monoisotopic (exact) mass is 237 g/mol. The van der Waals surface area contributed by atoms with Gasteiger partial charge in [0, 0.05) is 6.07 Å². The van der Waals surface area contributed by atoms with Gasteiger partial charge in [-0.3, -0.25) is 14.6 Å². The Morgan fingerprint density at radius 3 is 2.69 bits per heavy atom. The Balaban J connectivity index is 2.99. The highest BCUT2D eigenvalue weighted by molar-refractivity contribution is 5.71. The van der Waals surface area contributed by atoms with E-state index in [1.165, 1.54) is 0 Å². The second kappa shape index (κ2) is 4.21. The van der Waals surface area contributed by atoms with Gasteiger partial charge in [-0.15, -0.1) is 0 Å². The average Bonchev–Trinajstić information content (AvgIpc) is 2.12. The quantitative estimate of drug-likeness (QED) is 0.702. The molecule has 1 rings (SSSR count). The zero-order valence-electron chi connectivity index (χ0n) is 7.63. The van der Waals surface area contributed by atoms with E-state index < -0.39 is 35.9 Å². The molecule has 0 aliphatic rings. The number of hydrogen-bond donors (Lipinski definition) is 3. The Kier molecular flexibility index (Phi) is 3.16. The summed E-state index contributed by atoms with van der Waals surface area (Å²) in [5.41, 5.74) is -2.40. The summed E-state index contributed by atoms with van der Waals surface area (Å²) in [6, 6.07) is 0.284. The molecule has 0 unspecified atom stereocenters. The molecule has 9 heteroatoms. The lowest BCUT2D eigenvalue weighted by atomic mass is 10.4. The van der Waals surface area contributed by atoms with Crippen LogP contribution < -0.4 is 10.9 Å². The second-order valence-corrected chi connectivity index (χ2v) is 2.72. The first-order valence-corrected chi connectivity index (χ1v) is 3.93. The molecule has 0 radical (unpaired) electrons. The van der Waals surface area contributed by atoms with Crippen molar-refractivity contribution in [2.75, 3.05) is 11.9 Å². The summed E-state index contributed by atoms with van der Waals surface area (Å²) in [7, 11) is 0. The van der Waals surface area contributed by atoms with E-state index >= 15 is 0 Å². The van der Waals surface area contributed by atoms with Crippen LogP contribution in [0, 0.1) is 0 Å². The minimum atomic E-state index is -4.76. The normalized spacial score (nSPS) is 11.2. The van der Waals surface area contributed by atoms with Crippen molar-refractivity contribution in [2.45, 2.75) is 6.18 Å². The van der Waals surface area contributed by atoms with Gasteiger partial charge in [-0.25, -0.2) is 4.98 Å². The Labute approximate surface area is 86.1 Å². The van der Waals surface area contributed by atoms with E-state index in [1.54, 1.807) is 0 Å². The molecule has 0 saturated carbocycles. The third-order valence-electron chi connectivity index (χ3n) is 1.44. The first kappa shape index (κ1) is 12.0. The summed E-state index contributed by atoms with van der Waals surface area (Å²) in [5, 5.41) is 10.3. The fourth-order valence-electron chi connectivity index (χ4n) is 0.846. The van der Waals surface area contributed by atoms with Gasteiger partial charge in [0.25, 0.3) is 5.56 Å². The van der Waals surface area contributed by atoms with E-state index in [4.69, 9.17) is 5.11 Å². The van der Waals surface area contributed by atoms with Crippen LogP contribution in [0.25, 0.3) is 0 Å². The van der Waals surface area contributed by atoms with Crippen molar-refractivity contribution in [3.05, 3.63) is 22.1 Å². The lowest BCUT2D eigenvalue weighted by molar-refractivity contribution is -0.141. The molecule has 0 fully saturated rings. The van der Waals surface area contributed by atoms with Crippen molar-refractivity contribution in [1.82, 2.24) is 9.97 Å². The number of carboxylic acids is 1. The molecule has 0 aliphatic carbocycles. The summed E-state index contributed by atoms with van der Waals surface area (Å²) in [6.07, 6.45) is -4.76. The zero-order chi connectivity index (χ0) is 12.3. The number of aromatic amines is 1. The molecule has 6 nitrogen and oxygen atoms in total. The highest BCUT2D eigenvalue weighted by Crippen LogP contribution is 2.26. The summed E-state index contributed by atoms with van der Waals surface area (Å²) >= 11 is 0. The summed E-state index contributed by atoms with van der Waals surface area (Å²) in [5.74, 6) is -1.83. The zero-order valence-corrected chi connectivity index (χ0v) is 7.63. The van der Waals surface area contributed by atoms with Gasteiger partial charge in [-0.2, -0.15) is 13.2 Å². The van der Waals surface area contributed by atoms with Gasteiger partial charge in [0.15, 0.2) is 5.69 Å². The van der Waals surface area contributed by atoms with Crippen LogP contribution >= 0.6 is 0 Å². The second-order valence-electron chi connectivity index (χ2n) is 2.72. The first-order valence-electron chi connectivity index (χ1n) is 3.93.